The summed E-state index contributed by atoms with van der Waals surface area (Å²) >= 11 is 0. The van der Waals surface area contributed by atoms with Crippen molar-refractivity contribution in [2.45, 2.75) is 56.3 Å². The van der Waals surface area contributed by atoms with E-state index in [0.29, 0.717) is 17.6 Å². The van der Waals surface area contributed by atoms with Crippen molar-refractivity contribution >= 4 is 0 Å². The third-order valence-corrected chi connectivity index (χ3v) is 5.92. The van der Waals surface area contributed by atoms with Crippen molar-refractivity contribution in [2.75, 3.05) is 0 Å². The molecule has 3 heteroatoms. The van der Waals surface area contributed by atoms with E-state index in [1.807, 2.05) is 24.3 Å². The molecule has 0 amide bonds. The Kier molecular flexibility index (Phi) is 4.33. The van der Waals surface area contributed by atoms with E-state index >= 15 is 0 Å². The van der Waals surface area contributed by atoms with E-state index in [9.17, 15) is 5.11 Å². The van der Waals surface area contributed by atoms with Gasteiger partial charge in [-0.2, -0.15) is 5.26 Å². The van der Waals surface area contributed by atoms with Crippen LogP contribution in [0.2, 0.25) is 0 Å². The normalized spacial score (nSPS) is 29.1. The second-order valence-electron chi connectivity index (χ2n) is 7.53. The number of benzene rings is 2. The topological polar surface area (TPSA) is 47.3 Å². The summed E-state index contributed by atoms with van der Waals surface area (Å²) in [6, 6.07) is 21.1. The van der Waals surface area contributed by atoms with E-state index in [0.717, 1.165) is 37.8 Å². The van der Waals surface area contributed by atoms with Gasteiger partial charge in [-0.1, -0.05) is 48.9 Å². The summed E-state index contributed by atoms with van der Waals surface area (Å²) in [7, 11) is 0. The zero-order chi connectivity index (χ0) is 17.3. The van der Waals surface area contributed by atoms with Gasteiger partial charge in [0.25, 0.3) is 0 Å². The Morgan fingerprint density at radius 1 is 1.00 bits per heavy atom. The van der Waals surface area contributed by atoms with Gasteiger partial charge >= 0.3 is 0 Å². The van der Waals surface area contributed by atoms with E-state index in [-0.39, 0.29) is 0 Å². The summed E-state index contributed by atoms with van der Waals surface area (Å²) in [5, 5.41) is 20.4. The average Bonchev–Trinajstić information content (AvgIpc) is 2.64. The summed E-state index contributed by atoms with van der Waals surface area (Å²) in [6.07, 6.45) is 5.12. The summed E-state index contributed by atoms with van der Waals surface area (Å²) in [4.78, 5) is 2.61. The van der Waals surface area contributed by atoms with Crippen LogP contribution < -0.4 is 0 Å². The lowest BCUT2D eigenvalue weighted by Gasteiger charge is -2.52. The zero-order valence-corrected chi connectivity index (χ0v) is 14.4. The van der Waals surface area contributed by atoms with Crippen molar-refractivity contribution in [1.82, 2.24) is 4.90 Å². The summed E-state index contributed by atoms with van der Waals surface area (Å²) < 4.78 is 0. The molecule has 0 aliphatic carbocycles. The Morgan fingerprint density at radius 2 is 1.64 bits per heavy atom. The molecule has 1 N–H and O–H groups in total. The Labute approximate surface area is 149 Å². The number of fused-ring (bicyclic) bond motifs is 2. The standard InChI is InChI=1S/C22H24N2O/c23-15-17-9-11-19(12-10-17)22(25)13-20-7-4-8-21(14-22)24(20)16-18-5-2-1-3-6-18/h1-3,5-6,9-12,20-21,25H,4,7-8,13-14,16H2. The number of piperidine rings is 2. The third-order valence-electron chi connectivity index (χ3n) is 5.92. The molecule has 2 aromatic carbocycles. The first-order valence-electron chi connectivity index (χ1n) is 9.21. The van der Waals surface area contributed by atoms with Gasteiger partial charge in [-0.05, 0) is 48.9 Å². The first kappa shape index (κ1) is 16.3. The summed E-state index contributed by atoms with van der Waals surface area (Å²) in [5.41, 5.74) is 2.19. The van der Waals surface area contributed by atoms with E-state index in [2.05, 4.69) is 41.3 Å². The van der Waals surface area contributed by atoms with Crippen molar-refractivity contribution in [1.29, 1.82) is 5.26 Å². The predicted molar refractivity (Wildman–Crippen MR) is 97.7 cm³/mol. The molecule has 2 aromatic rings. The number of hydrogen-bond acceptors (Lipinski definition) is 3. The van der Waals surface area contributed by atoms with E-state index in [4.69, 9.17) is 5.26 Å². The van der Waals surface area contributed by atoms with E-state index in [1.165, 1.54) is 12.0 Å². The van der Waals surface area contributed by atoms with Crippen LogP contribution in [-0.2, 0) is 12.1 Å². The van der Waals surface area contributed by atoms with Crippen LogP contribution in [0.1, 0.15) is 48.8 Å². The van der Waals surface area contributed by atoms with Gasteiger partial charge in [-0.3, -0.25) is 4.90 Å². The van der Waals surface area contributed by atoms with Crippen LogP contribution in [0.4, 0.5) is 0 Å². The molecule has 128 valence electrons. The summed E-state index contributed by atoms with van der Waals surface area (Å²) in [6.45, 7) is 0.972. The predicted octanol–water partition coefficient (Wildman–Crippen LogP) is 3.96. The van der Waals surface area contributed by atoms with Crippen molar-refractivity contribution in [3.05, 3.63) is 71.3 Å². The number of nitriles is 1. The highest BCUT2D eigenvalue weighted by molar-refractivity contribution is 5.34. The van der Waals surface area contributed by atoms with Crippen LogP contribution >= 0.6 is 0 Å². The quantitative estimate of drug-likeness (QED) is 0.925. The SMILES string of the molecule is N#Cc1ccc(C2(O)CC3CCCC(C2)N3Cc2ccccc2)cc1. The number of hydrogen-bond donors (Lipinski definition) is 1. The van der Waals surface area contributed by atoms with E-state index in [1.54, 1.807) is 0 Å². The Balaban J connectivity index is 1.56. The maximum absolute atomic E-state index is 11.4. The number of nitrogens with zero attached hydrogens (tertiary/aromatic N) is 2. The van der Waals surface area contributed by atoms with E-state index < -0.39 is 5.60 Å². The molecule has 2 unspecified atom stereocenters. The molecular weight excluding hydrogens is 308 g/mol. The molecule has 2 atom stereocenters. The maximum Gasteiger partial charge on any atom is 0.0991 e. The summed E-state index contributed by atoms with van der Waals surface area (Å²) in [5.74, 6) is 0. The van der Waals surface area contributed by atoms with Gasteiger partial charge in [0, 0.05) is 18.6 Å². The van der Waals surface area contributed by atoms with Gasteiger partial charge in [-0.25, -0.2) is 0 Å². The smallest absolute Gasteiger partial charge is 0.0991 e. The zero-order valence-electron chi connectivity index (χ0n) is 14.4. The molecule has 2 saturated heterocycles. The van der Waals surface area contributed by atoms with Crippen molar-refractivity contribution in [2.24, 2.45) is 0 Å². The first-order chi connectivity index (χ1) is 12.2. The van der Waals surface area contributed by atoms with Gasteiger partial charge < -0.3 is 5.11 Å². The molecule has 25 heavy (non-hydrogen) atoms. The Bertz CT molecular complexity index is 749. The minimum absolute atomic E-state index is 0.424. The average molecular weight is 332 g/mol. The second kappa shape index (κ2) is 6.63. The lowest BCUT2D eigenvalue weighted by Crippen LogP contribution is -2.56. The molecule has 2 aliphatic rings. The molecule has 0 spiro atoms. The number of rotatable bonds is 3. The van der Waals surface area contributed by atoms with Gasteiger partial charge in [0.2, 0.25) is 0 Å². The number of aliphatic hydroxyl groups is 1. The van der Waals surface area contributed by atoms with Crippen LogP contribution in [0, 0.1) is 11.3 Å². The lowest BCUT2D eigenvalue weighted by atomic mass is 9.72. The van der Waals surface area contributed by atoms with Gasteiger partial charge in [0.1, 0.15) is 0 Å². The van der Waals surface area contributed by atoms with Crippen LogP contribution in [-0.4, -0.2) is 22.1 Å². The molecule has 2 bridgehead atoms. The van der Waals surface area contributed by atoms with Crippen LogP contribution in [0.15, 0.2) is 54.6 Å². The fourth-order valence-corrected chi connectivity index (χ4v) is 4.66. The highest BCUT2D eigenvalue weighted by atomic mass is 16.3. The largest absolute Gasteiger partial charge is 0.385 e. The first-order valence-corrected chi connectivity index (χ1v) is 9.21. The molecule has 2 aliphatic heterocycles. The lowest BCUT2D eigenvalue weighted by molar-refractivity contribution is -0.0999. The molecule has 4 rings (SSSR count). The Morgan fingerprint density at radius 3 is 2.24 bits per heavy atom. The van der Waals surface area contributed by atoms with Crippen molar-refractivity contribution in [3.63, 3.8) is 0 Å². The second-order valence-corrected chi connectivity index (χ2v) is 7.53. The monoisotopic (exact) mass is 332 g/mol. The molecule has 3 nitrogen and oxygen atoms in total. The van der Waals surface area contributed by atoms with Crippen molar-refractivity contribution in [3.8, 4) is 6.07 Å². The fourth-order valence-electron chi connectivity index (χ4n) is 4.66. The van der Waals surface area contributed by atoms with Crippen LogP contribution in [0.25, 0.3) is 0 Å². The minimum atomic E-state index is -0.767. The highest BCUT2D eigenvalue weighted by Gasteiger charge is 2.46. The minimum Gasteiger partial charge on any atom is -0.385 e. The van der Waals surface area contributed by atoms with Gasteiger partial charge in [0.05, 0.1) is 17.2 Å². The molecule has 2 fully saturated rings. The maximum atomic E-state index is 11.4. The third kappa shape index (κ3) is 3.20. The fraction of sp³-hybridized carbons (Fsp3) is 0.409. The molecule has 0 saturated carbocycles. The molecule has 0 aromatic heterocycles. The highest BCUT2D eigenvalue weighted by Crippen LogP contribution is 2.44. The van der Waals surface area contributed by atoms with Crippen LogP contribution in [0.5, 0.6) is 0 Å². The van der Waals surface area contributed by atoms with Gasteiger partial charge in [-0.15, -0.1) is 0 Å². The van der Waals surface area contributed by atoms with Crippen molar-refractivity contribution < 1.29 is 5.11 Å². The Hall–Kier alpha value is -2.15. The molecule has 2 heterocycles. The van der Waals surface area contributed by atoms with Crippen LogP contribution in [0.3, 0.4) is 0 Å². The molecular formula is C22H24N2O. The molecule has 0 radical (unpaired) electrons. The van der Waals surface area contributed by atoms with Gasteiger partial charge in [0.15, 0.2) is 0 Å².